The summed E-state index contributed by atoms with van der Waals surface area (Å²) in [6, 6.07) is 49.1. The fraction of sp³-hybridized carbons (Fsp3) is 0. The van der Waals surface area contributed by atoms with Crippen LogP contribution in [0.3, 0.4) is 0 Å². The second-order valence-electron chi connectivity index (χ2n) is 23.7. The van der Waals surface area contributed by atoms with Gasteiger partial charge in [0.1, 0.15) is 84.9 Å². The summed E-state index contributed by atoms with van der Waals surface area (Å²) in [6.45, 7) is 0. The Morgan fingerprint density at radius 3 is 1.05 bits per heavy atom. The van der Waals surface area contributed by atoms with Gasteiger partial charge in [0.2, 0.25) is 0 Å². The quantitative estimate of drug-likeness (QED) is 0.00570. The number of phenolic OH excluding ortho intramolecular Hbond substituents is 8. The molecule has 14 rings (SSSR count). The summed E-state index contributed by atoms with van der Waals surface area (Å²) in [4.78, 5) is 41.4. The predicted octanol–water partition coefficient (Wildman–Crippen LogP) is 20.3. The fourth-order valence-electron chi connectivity index (χ4n) is 11.1. The van der Waals surface area contributed by atoms with Gasteiger partial charge in [-0.25, -0.2) is 15.8 Å². The van der Waals surface area contributed by atoms with Gasteiger partial charge in [0, 0.05) is 144 Å². The van der Waals surface area contributed by atoms with E-state index in [9.17, 15) is 94.3 Å². The number of nitrogens with two attached hydrogens (primary N) is 2. The Morgan fingerprint density at radius 2 is 0.650 bits per heavy atom. The first kappa shape index (κ1) is 90.2. The van der Waals surface area contributed by atoms with Crippen molar-refractivity contribution in [1.82, 2.24) is 0 Å². The molecule has 0 heterocycles. The second-order valence-corrected chi connectivity index (χ2v) is 27.3. The van der Waals surface area contributed by atoms with Crippen LogP contribution in [0.2, 0.25) is 0 Å². The number of fused-ring (bicyclic) bond motifs is 6. The number of hydrogen-bond acceptors (Lipinski definition) is 40. The van der Waals surface area contributed by atoms with E-state index in [0.29, 0.717) is 90.6 Å². The van der Waals surface area contributed by atoms with E-state index in [1.807, 2.05) is 12.1 Å². The number of nitrogens with zero attached hydrogens (tertiary/aromatic N) is 12. The molecule has 0 bridgehead atoms. The fourth-order valence-corrected chi connectivity index (χ4v) is 13.4. The Kier molecular flexibility index (Phi) is 30.1. The number of rotatable bonds is 22. The van der Waals surface area contributed by atoms with Crippen molar-refractivity contribution < 1.29 is 152 Å². The van der Waals surface area contributed by atoms with E-state index in [1.165, 1.54) is 54.6 Å². The predicted molar refractivity (Wildman–Crippen MR) is 424 cm³/mol. The number of hydrogen-bond donors (Lipinski definition) is 14. The summed E-state index contributed by atoms with van der Waals surface area (Å²) in [6.07, 6.45) is 0. The minimum Gasteiger partial charge on any atom is -0.506 e. The molecule has 42 nitrogen and oxygen atoms in total. The van der Waals surface area contributed by atoms with Crippen LogP contribution in [0.15, 0.2) is 267 Å². The molecule has 0 atom stereocenters. The first-order valence-corrected chi connectivity index (χ1v) is 36.1. The summed E-state index contributed by atoms with van der Waals surface area (Å²) in [5.74, 6) is -2.48. The van der Waals surface area contributed by atoms with E-state index in [2.05, 4.69) is 69.0 Å². The Morgan fingerprint density at radius 1 is 0.317 bits per heavy atom. The molecule has 0 unspecified atom stereocenters. The summed E-state index contributed by atoms with van der Waals surface area (Å²) in [7, 11) is -4.81. The van der Waals surface area contributed by atoms with E-state index in [-0.39, 0.29) is 163 Å². The maximum atomic E-state index is 11.7. The Labute approximate surface area is 702 Å². The molecule has 0 aliphatic heterocycles. The first-order valence-electron chi connectivity index (χ1n) is 32.4. The minimum absolute atomic E-state index is 0. The number of azo groups is 4. The molecule has 0 fully saturated rings. The molecule has 0 saturated carbocycles. The number of phenols is 8. The van der Waals surface area contributed by atoms with Crippen molar-refractivity contribution in [3.8, 4) is 46.0 Å². The van der Waals surface area contributed by atoms with Crippen LogP contribution in [-0.4, -0.2) is 89.3 Å². The monoisotopic (exact) mass is 1790 g/mol. The summed E-state index contributed by atoms with van der Waals surface area (Å²) in [5.41, 5.74) is 10.7. The van der Waals surface area contributed by atoms with Gasteiger partial charge >= 0.3 is 0 Å². The van der Waals surface area contributed by atoms with Crippen molar-refractivity contribution in [2.45, 2.75) is 19.6 Å². The van der Waals surface area contributed by atoms with Crippen molar-refractivity contribution in [3.63, 3.8) is 0 Å². The molecule has 612 valence electrons. The van der Waals surface area contributed by atoms with Gasteiger partial charge in [0.25, 0.3) is 32.9 Å². The topological polar surface area (TPSA) is 656 Å². The number of non-ortho nitro benzene ring substituents is 4. The molecular weight excluding hydrogens is 1740 g/mol. The number of nitro groups is 4. The normalized spacial score (nSPS) is 11.4. The van der Waals surface area contributed by atoms with Gasteiger partial charge in [0.15, 0.2) is 11.5 Å². The molecular formula is C72H50Cr2N14O28S4. The standard InChI is InChI=1S/2C20H13N3O7S.2C16H12N4O7S.2Cr/c24-16-8-5-11-3-1-2-4-13(11)19(16)21-22-20-14-7-6-12(23(26)27)9-15(14)18(10-17(20)25)31(28,29)30;24-16-8-5-11-3-1-2-4-13(11)19(16)21-22-20-14-7-6-12(23(26)27)9-15(14)18(10-17(20)25)31-30-29-28;2*17-9-2-1-8-5-14(28-27-26-25)15(16(22)11(8)6-9)19-18-12-7-10(20(23)24)3-4-13(12)21;;/h1-10,24-25H,(H,28,29,30);1-10,24-25,28H;2*1-7,21-22,25H,17H2;;. The van der Waals surface area contributed by atoms with Crippen LogP contribution in [0.5, 0.6) is 46.0 Å². The largest absolute Gasteiger partial charge is 0.506 e. The zero-order valence-electron chi connectivity index (χ0n) is 59.5. The van der Waals surface area contributed by atoms with Gasteiger partial charge < -0.3 is 52.3 Å². The van der Waals surface area contributed by atoms with Crippen molar-refractivity contribution in [1.29, 1.82) is 0 Å². The molecule has 0 spiro atoms. The molecule has 16 N–H and O–H groups in total. The molecule has 0 aliphatic rings. The molecule has 0 aliphatic carbocycles. The number of benzene rings is 14. The zero-order chi connectivity index (χ0) is 84.8. The van der Waals surface area contributed by atoms with Crippen molar-refractivity contribution >= 4 is 191 Å². The van der Waals surface area contributed by atoms with Crippen molar-refractivity contribution in [2.24, 2.45) is 40.9 Å². The Balaban J connectivity index is 0.000000181. The number of anilines is 2. The molecule has 120 heavy (non-hydrogen) atoms. The van der Waals surface area contributed by atoms with Crippen LogP contribution in [-0.2, 0) is 73.0 Å². The third kappa shape index (κ3) is 21.0. The Bertz CT molecular complexity index is 6440. The van der Waals surface area contributed by atoms with Crippen LogP contribution in [0.1, 0.15) is 0 Å². The zero-order valence-corrected chi connectivity index (χ0v) is 65.3. The molecule has 0 radical (unpaired) electrons. The van der Waals surface area contributed by atoms with Gasteiger partial charge in [-0.3, -0.25) is 45.0 Å². The maximum absolute atomic E-state index is 11.7. The van der Waals surface area contributed by atoms with E-state index >= 15 is 0 Å². The average molecular weight is 1790 g/mol. The molecule has 14 aromatic rings. The van der Waals surface area contributed by atoms with E-state index in [4.69, 9.17) is 27.2 Å². The van der Waals surface area contributed by atoms with Crippen LogP contribution in [0.4, 0.5) is 79.6 Å². The minimum atomic E-state index is -4.81. The summed E-state index contributed by atoms with van der Waals surface area (Å²) >= 11 is 1.62. The molecule has 14 aromatic carbocycles. The van der Waals surface area contributed by atoms with E-state index in [1.54, 1.807) is 84.9 Å². The number of nitro benzene ring substituents is 4. The molecule has 0 saturated heterocycles. The summed E-state index contributed by atoms with van der Waals surface area (Å²) in [5, 5.41) is 199. The van der Waals surface area contributed by atoms with Gasteiger partial charge in [-0.2, -0.15) is 8.42 Å². The molecule has 0 amide bonds. The smallest absolute Gasteiger partial charge is 0.295 e. The second kappa shape index (κ2) is 40.0. The van der Waals surface area contributed by atoms with Gasteiger partial charge in [-0.05, 0) is 100 Å². The van der Waals surface area contributed by atoms with Gasteiger partial charge in [-0.1, -0.05) is 87.9 Å². The van der Waals surface area contributed by atoms with Crippen LogP contribution < -0.4 is 11.5 Å². The van der Waals surface area contributed by atoms with Gasteiger partial charge in [-0.15, -0.1) is 53.9 Å². The van der Waals surface area contributed by atoms with Crippen LogP contribution >= 0.6 is 36.1 Å². The maximum Gasteiger partial charge on any atom is 0.295 e. The van der Waals surface area contributed by atoms with E-state index in [0.717, 1.165) is 65.4 Å². The number of aromatic hydroxyl groups is 8. The van der Waals surface area contributed by atoms with E-state index < -0.39 is 46.1 Å². The van der Waals surface area contributed by atoms with Crippen LogP contribution in [0.25, 0.3) is 64.6 Å². The average Bonchev–Trinajstić information content (AvgIpc) is 0.730. The van der Waals surface area contributed by atoms with Crippen LogP contribution in [0, 0.1) is 40.5 Å². The summed E-state index contributed by atoms with van der Waals surface area (Å²) < 4.78 is 46.2. The van der Waals surface area contributed by atoms with Crippen molar-refractivity contribution in [3.05, 3.63) is 247 Å². The molecule has 0 aromatic heterocycles. The Hall–Kier alpha value is -13.7. The SMILES string of the molecule is Nc1ccc2cc(SOOO)c(N=Nc3cc([N+](=O)[O-])ccc3O)c(O)c2c1.Nc1ccc2cc(SOOO)c(N=Nc3cc([N+](=O)[O-])ccc3O)c(O)c2c1.O=[N+]([O-])c1ccc2c(N=Nc3c(O)ccc4ccccc34)c(O)cc(S(=O)(=O)O)c2c1.O=[N+]([O-])c1ccc2c(N=Nc3c(O)ccc4ccccc34)c(O)cc(SOOO)c2c1.[Cr].[Cr]. The third-order valence-corrected chi connectivity index (χ3v) is 19.3. The first-order chi connectivity index (χ1) is 56.5. The third-order valence-electron chi connectivity index (χ3n) is 16.5. The molecule has 48 heteroatoms. The van der Waals surface area contributed by atoms with Crippen molar-refractivity contribution in [2.75, 3.05) is 11.5 Å². The number of nitrogen functional groups attached to an aromatic ring is 2. The van der Waals surface area contributed by atoms with Gasteiger partial charge in [0.05, 0.1) is 70.5 Å².